The average Bonchev–Trinajstić information content (AvgIpc) is 3.11. The monoisotopic (exact) mass is 285 g/mol. The van der Waals surface area contributed by atoms with Crippen LogP contribution in [0.2, 0.25) is 0 Å². The third-order valence-corrected chi connectivity index (χ3v) is 3.09. The number of carbonyl (C=O) groups is 1. The summed E-state index contributed by atoms with van der Waals surface area (Å²) in [4.78, 5) is 15.8. The van der Waals surface area contributed by atoms with Crippen LogP contribution in [0.25, 0.3) is 11.0 Å². The smallest absolute Gasteiger partial charge is 0.374 e. The van der Waals surface area contributed by atoms with E-state index in [9.17, 15) is 4.79 Å². The van der Waals surface area contributed by atoms with Crippen molar-refractivity contribution >= 4 is 22.6 Å². The number of furan rings is 1. The van der Waals surface area contributed by atoms with Gasteiger partial charge < -0.3 is 19.5 Å². The van der Waals surface area contributed by atoms with Crippen LogP contribution in [0.5, 0.6) is 0 Å². The number of nitrogen functional groups attached to an aromatic ring is 1. The largest absolute Gasteiger partial charge is 0.460 e. The van der Waals surface area contributed by atoms with E-state index in [-0.39, 0.29) is 5.76 Å². The van der Waals surface area contributed by atoms with Crippen LogP contribution in [0.15, 0.2) is 47.4 Å². The molecule has 3 rings (SSSR count). The number of imidazole rings is 1. The predicted molar refractivity (Wildman–Crippen MR) is 77.8 cm³/mol. The van der Waals surface area contributed by atoms with Crippen LogP contribution in [0, 0.1) is 0 Å². The lowest BCUT2D eigenvalue weighted by Crippen LogP contribution is -2.07. The molecule has 3 aromatic rings. The second-order valence-electron chi connectivity index (χ2n) is 4.70. The lowest BCUT2D eigenvalue weighted by Gasteiger charge is -2.03. The summed E-state index contributed by atoms with van der Waals surface area (Å²) in [5, 5.41) is 0.792. The van der Waals surface area contributed by atoms with E-state index in [1.807, 2.05) is 10.8 Å². The van der Waals surface area contributed by atoms with Crippen LogP contribution in [0.4, 0.5) is 5.69 Å². The lowest BCUT2D eigenvalue weighted by molar-refractivity contribution is 0.0462. The first-order valence-electron chi connectivity index (χ1n) is 6.64. The second-order valence-corrected chi connectivity index (χ2v) is 4.70. The van der Waals surface area contributed by atoms with Crippen molar-refractivity contribution in [3.63, 3.8) is 0 Å². The van der Waals surface area contributed by atoms with Crippen molar-refractivity contribution in [3.8, 4) is 0 Å². The van der Waals surface area contributed by atoms with Crippen molar-refractivity contribution in [3.05, 3.63) is 48.7 Å². The number of hydrogen-bond donors (Lipinski definition) is 1. The lowest BCUT2D eigenvalue weighted by atomic mass is 10.2. The Hall–Kier alpha value is -2.76. The number of carbonyl (C=O) groups excluding carboxylic acids is 1. The van der Waals surface area contributed by atoms with Gasteiger partial charge in [-0.25, -0.2) is 9.78 Å². The van der Waals surface area contributed by atoms with E-state index in [4.69, 9.17) is 14.9 Å². The van der Waals surface area contributed by atoms with E-state index in [2.05, 4.69) is 4.98 Å². The van der Waals surface area contributed by atoms with Gasteiger partial charge in [0.1, 0.15) is 5.58 Å². The molecule has 21 heavy (non-hydrogen) atoms. The van der Waals surface area contributed by atoms with E-state index in [0.717, 1.165) is 18.4 Å². The highest BCUT2D eigenvalue weighted by molar-refractivity contribution is 5.93. The van der Waals surface area contributed by atoms with Crippen molar-refractivity contribution in [2.75, 3.05) is 12.3 Å². The molecule has 0 aliphatic heterocycles. The van der Waals surface area contributed by atoms with Gasteiger partial charge in [0.25, 0.3) is 0 Å². The maximum atomic E-state index is 11.9. The van der Waals surface area contributed by atoms with Crippen molar-refractivity contribution in [2.45, 2.75) is 13.0 Å². The van der Waals surface area contributed by atoms with Crippen molar-refractivity contribution in [2.24, 2.45) is 0 Å². The first-order chi connectivity index (χ1) is 10.2. The summed E-state index contributed by atoms with van der Waals surface area (Å²) in [7, 11) is 0. The minimum atomic E-state index is -0.463. The fourth-order valence-electron chi connectivity index (χ4n) is 2.06. The van der Waals surface area contributed by atoms with E-state index >= 15 is 0 Å². The molecular weight excluding hydrogens is 270 g/mol. The molecule has 0 saturated carbocycles. The molecule has 6 heteroatoms. The van der Waals surface area contributed by atoms with E-state index in [0.29, 0.717) is 17.9 Å². The molecule has 0 saturated heterocycles. The highest BCUT2D eigenvalue weighted by Crippen LogP contribution is 2.22. The Morgan fingerprint density at radius 2 is 2.29 bits per heavy atom. The van der Waals surface area contributed by atoms with Crippen LogP contribution in [-0.4, -0.2) is 22.1 Å². The Labute approximate surface area is 121 Å². The fraction of sp³-hybridized carbons (Fsp3) is 0.200. The highest BCUT2D eigenvalue weighted by atomic mass is 16.5. The van der Waals surface area contributed by atoms with Gasteiger partial charge >= 0.3 is 5.97 Å². The normalized spacial score (nSPS) is 10.9. The molecule has 0 radical (unpaired) electrons. The fourth-order valence-corrected chi connectivity index (χ4v) is 2.06. The minimum absolute atomic E-state index is 0.193. The number of esters is 1. The molecular formula is C15H15N3O3. The third-order valence-electron chi connectivity index (χ3n) is 3.09. The van der Waals surface area contributed by atoms with Crippen molar-refractivity contribution in [1.82, 2.24) is 9.55 Å². The van der Waals surface area contributed by atoms with Crippen LogP contribution in [-0.2, 0) is 11.3 Å². The summed E-state index contributed by atoms with van der Waals surface area (Å²) in [6.45, 7) is 1.08. The number of aromatic nitrogens is 2. The molecule has 0 fully saturated rings. The van der Waals surface area contributed by atoms with Gasteiger partial charge in [0.2, 0.25) is 5.76 Å². The quantitative estimate of drug-likeness (QED) is 0.442. The molecule has 0 bridgehead atoms. The zero-order valence-electron chi connectivity index (χ0n) is 11.4. The number of ether oxygens (including phenoxy) is 1. The molecule has 0 atom stereocenters. The third kappa shape index (κ3) is 3.05. The summed E-state index contributed by atoms with van der Waals surface area (Å²) >= 11 is 0. The summed E-state index contributed by atoms with van der Waals surface area (Å²) in [6, 6.07) is 6.87. The topological polar surface area (TPSA) is 83.3 Å². The molecule has 0 unspecified atom stereocenters. The first-order valence-corrected chi connectivity index (χ1v) is 6.64. The molecule has 1 aromatic carbocycles. The Bertz CT molecular complexity index is 747. The number of anilines is 1. The Kier molecular flexibility index (Phi) is 3.59. The number of hydrogen-bond acceptors (Lipinski definition) is 5. The van der Waals surface area contributed by atoms with Crippen molar-refractivity contribution < 1.29 is 13.9 Å². The van der Waals surface area contributed by atoms with Gasteiger partial charge in [0, 0.05) is 30.0 Å². The van der Waals surface area contributed by atoms with E-state index in [1.165, 1.54) is 0 Å². The minimum Gasteiger partial charge on any atom is -0.460 e. The van der Waals surface area contributed by atoms with Crippen LogP contribution < -0.4 is 5.73 Å². The molecule has 2 aromatic heterocycles. The Balaban J connectivity index is 1.56. The van der Waals surface area contributed by atoms with Gasteiger partial charge in [-0.2, -0.15) is 0 Å². The molecule has 2 heterocycles. The van der Waals surface area contributed by atoms with Gasteiger partial charge in [-0.1, -0.05) is 0 Å². The molecule has 108 valence electrons. The average molecular weight is 285 g/mol. The number of nitrogens with two attached hydrogens (primary N) is 1. The Morgan fingerprint density at radius 1 is 1.38 bits per heavy atom. The molecule has 2 N–H and O–H groups in total. The first kappa shape index (κ1) is 13.2. The number of rotatable bonds is 5. The van der Waals surface area contributed by atoms with E-state index in [1.54, 1.807) is 36.8 Å². The summed E-state index contributed by atoms with van der Waals surface area (Å²) < 4.78 is 12.6. The molecule has 0 aliphatic carbocycles. The van der Waals surface area contributed by atoms with Gasteiger partial charge in [-0.15, -0.1) is 0 Å². The second kappa shape index (κ2) is 5.70. The highest BCUT2D eigenvalue weighted by Gasteiger charge is 2.13. The SMILES string of the molecule is Nc1ccc2oc(C(=O)OCCCn3ccnc3)cc2c1. The van der Waals surface area contributed by atoms with Gasteiger partial charge in [-0.3, -0.25) is 0 Å². The number of benzene rings is 1. The molecule has 6 nitrogen and oxygen atoms in total. The maximum absolute atomic E-state index is 11.9. The Morgan fingerprint density at radius 3 is 3.10 bits per heavy atom. The molecule has 0 amide bonds. The van der Waals surface area contributed by atoms with Gasteiger partial charge in [0.15, 0.2) is 0 Å². The standard InChI is InChI=1S/C15H15N3O3/c16-12-2-3-13-11(8-12)9-14(21-13)15(19)20-7-1-5-18-6-4-17-10-18/h2-4,6,8-10H,1,5,7,16H2. The van der Waals surface area contributed by atoms with Crippen molar-refractivity contribution in [1.29, 1.82) is 0 Å². The summed E-state index contributed by atoms with van der Waals surface area (Å²) in [6.07, 6.45) is 6.03. The molecule has 0 aliphatic rings. The van der Waals surface area contributed by atoms with Crippen LogP contribution in [0.1, 0.15) is 17.0 Å². The van der Waals surface area contributed by atoms with Crippen LogP contribution >= 0.6 is 0 Å². The zero-order chi connectivity index (χ0) is 14.7. The predicted octanol–water partition coefficient (Wildman–Crippen LogP) is 2.46. The number of aryl methyl sites for hydroxylation is 1. The number of nitrogens with zero attached hydrogens (tertiary/aromatic N) is 2. The maximum Gasteiger partial charge on any atom is 0.374 e. The number of fused-ring (bicyclic) bond motifs is 1. The molecule has 0 spiro atoms. The van der Waals surface area contributed by atoms with E-state index < -0.39 is 5.97 Å². The van der Waals surface area contributed by atoms with Gasteiger partial charge in [-0.05, 0) is 30.7 Å². The van der Waals surface area contributed by atoms with Gasteiger partial charge in [0.05, 0.1) is 12.9 Å². The van der Waals surface area contributed by atoms with Crippen LogP contribution in [0.3, 0.4) is 0 Å². The summed E-state index contributed by atoms with van der Waals surface area (Å²) in [5.41, 5.74) is 6.94. The summed E-state index contributed by atoms with van der Waals surface area (Å²) in [5.74, 6) is -0.270. The zero-order valence-corrected chi connectivity index (χ0v) is 11.4.